The highest BCUT2D eigenvalue weighted by atomic mass is 32.2. The number of carbonyl (C=O) groups excluding carboxylic acids is 1. The summed E-state index contributed by atoms with van der Waals surface area (Å²) >= 11 is 0. The van der Waals surface area contributed by atoms with Crippen LogP contribution in [0.2, 0.25) is 0 Å². The molecule has 0 spiro atoms. The fraction of sp³-hybridized carbons (Fsp3) is 0.176. The average molecular weight is 379 g/mol. The molecule has 0 aliphatic carbocycles. The Morgan fingerprint density at radius 3 is 2.15 bits per heavy atom. The Bertz CT molecular complexity index is 979. The van der Waals surface area contributed by atoms with Gasteiger partial charge in [0.2, 0.25) is 9.84 Å². The van der Waals surface area contributed by atoms with Crippen LogP contribution in [-0.2, 0) is 14.6 Å². The van der Waals surface area contributed by atoms with Crippen LogP contribution in [-0.4, -0.2) is 39.7 Å². The zero-order chi connectivity index (χ0) is 19.6. The lowest BCUT2D eigenvalue weighted by molar-refractivity contribution is 0.0596. The third kappa shape index (κ3) is 3.21. The minimum absolute atomic E-state index is 0.214. The summed E-state index contributed by atoms with van der Waals surface area (Å²) in [6, 6.07) is 6.50. The van der Waals surface area contributed by atoms with Crippen molar-refractivity contribution in [3.8, 4) is 5.75 Å². The number of aryl methyl sites for hydroxylation is 1. The number of hydrogen-bond donors (Lipinski definition) is 2. The molecule has 0 saturated carbocycles. The molecule has 26 heavy (non-hydrogen) atoms. The van der Waals surface area contributed by atoms with Crippen LogP contribution < -0.4 is 10.5 Å². The molecular weight excluding hydrogens is 362 g/mol. The smallest absolute Gasteiger partial charge is 0.339 e. The molecule has 0 aliphatic rings. The number of anilines is 1. The molecule has 0 heterocycles. The van der Waals surface area contributed by atoms with Crippen molar-refractivity contribution in [1.82, 2.24) is 0 Å². The van der Waals surface area contributed by atoms with E-state index in [9.17, 15) is 23.1 Å². The Morgan fingerprint density at radius 2 is 1.69 bits per heavy atom. The minimum atomic E-state index is -4.38. The van der Waals surface area contributed by atoms with Gasteiger partial charge >= 0.3 is 11.9 Å². The predicted molar refractivity (Wildman–Crippen MR) is 92.3 cm³/mol. The van der Waals surface area contributed by atoms with Crippen molar-refractivity contribution >= 4 is 27.5 Å². The van der Waals surface area contributed by atoms with E-state index in [4.69, 9.17) is 10.5 Å². The van der Waals surface area contributed by atoms with Crippen LogP contribution in [0.15, 0.2) is 40.1 Å². The van der Waals surface area contributed by atoms with Gasteiger partial charge < -0.3 is 20.3 Å². The number of carboxylic acid groups (broad SMARTS) is 1. The topological polar surface area (TPSA) is 133 Å². The Labute approximate surface area is 150 Å². The van der Waals surface area contributed by atoms with E-state index in [-0.39, 0.29) is 16.1 Å². The van der Waals surface area contributed by atoms with E-state index in [1.807, 2.05) is 0 Å². The SMILES string of the molecule is COC(=O)c1cc(C)c(N)c(C(=O)O)c1S(=O)(=O)c1ccc(OC)cc1. The van der Waals surface area contributed by atoms with Crippen molar-refractivity contribution in [1.29, 1.82) is 0 Å². The lowest BCUT2D eigenvalue weighted by Crippen LogP contribution is -2.19. The van der Waals surface area contributed by atoms with Crippen molar-refractivity contribution in [3.05, 3.63) is 47.0 Å². The number of aromatic carboxylic acids is 1. The molecule has 9 heteroatoms. The normalized spacial score (nSPS) is 11.0. The number of sulfone groups is 1. The third-order valence-electron chi connectivity index (χ3n) is 3.78. The Morgan fingerprint density at radius 1 is 1.12 bits per heavy atom. The lowest BCUT2D eigenvalue weighted by Gasteiger charge is -2.16. The molecule has 0 saturated heterocycles. The molecule has 0 unspecified atom stereocenters. The zero-order valence-electron chi connectivity index (χ0n) is 14.3. The molecule has 0 amide bonds. The Kier molecular flexibility index (Phi) is 5.22. The first-order valence-corrected chi connectivity index (χ1v) is 8.77. The average Bonchev–Trinajstić information content (AvgIpc) is 2.62. The fourth-order valence-corrected chi connectivity index (χ4v) is 4.07. The first-order chi connectivity index (χ1) is 12.1. The summed E-state index contributed by atoms with van der Waals surface area (Å²) < 4.78 is 35.8. The number of methoxy groups -OCH3 is 2. The molecule has 2 aromatic carbocycles. The number of rotatable bonds is 5. The van der Waals surface area contributed by atoms with Crippen molar-refractivity contribution < 1.29 is 32.6 Å². The second-order valence-electron chi connectivity index (χ2n) is 5.33. The molecule has 2 rings (SSSR count). The highest BCUT2D eigenvalue weighted by Crippen LogP contribution is 2.34. The maximum Gasteiger partial charge on any atom is 0.339 e. The van der Waals surface area contributed by atoms with Crippen LogP contribution in [0.4, 0.5) is 5.69 Å². The summed E-state index contributed by atoms with van der Waals surface area (Å²) in [5.41, 5.74) is 4.74. The van der Waals surface area contributed by atoms with Crippen molar-refractivity contribution in [2.45, 2.75) is 16.7 Å². The minimum Gasteiger partial charge on any atom is -0.497 e. The number of benzene rings is 2. The van der Waals surface area contributed by atoms with Gasteiger partial charge in [0, 0.05) is 0 Å². The van der Waals surface area contributed by atoms with E-state index in [0.29, 0.717) is 5.75 Å². The first-order valence-electron chi connectivity index (χ1n) is 7.29. The van der Waals surface area contributed by atoms with Crippen molar-refractivity contribution in [3.63, 3.8) is 0 Å². The van der Waals surface area contributed by atoms with Gasteiger partial charge in [0.05, 0.1) is 30.4 Å². The van der Waals surface area contributed by atoms with E-state index in [1.54, 1.807) is 0 Å². The third-order valence-corrected chi connectivity index (χ3v) is 5.64. The van der Waals surface area contributed by atoms with Crippen LogP contribution in [0.5, 0.6) is 5.75 Å². The van der Waals surface area contributed by atoms with Crippen molar-refractivity contribution in [2.24, 2.45) is 0 Å². The van der Waals surface area contributed by atoms with Gasteiger partial charge in [-0.25, -0.2) is 18.0 Å². The number of carboxylic acids is 1. The Hall–Kier alpha value is -3.07. The molecule has 0 aliphatic heterocycles. The quantitative estimate of drug-likeness (QED) is 0.594. The molecule has 8 nitrogen and oxygen atoms in total. The zero-order valence-corrected chi connectivity index (χ0v) is 15.1. The molecule has 0 aromatic heterocycles. The monoisotopic (exact) mass is 379 g/mol. The Balaban J connectivity index is 2.90. The molecule has 3 N–H and O–H groups in total. The van der Waals surface area contributed by atoms with E-state index in [0.717, 1.165) is 7.11 Å². The number of carbonyl (C=O) groups is 2. The van der Waals surface area contributed by atoms with Crippen LogP contribution in [0, 0.1) is 6.92 Å². The summed E-state index contributed by atoms with van der Waals surface area (Å²) in [6.45, 7) is 1.47. The van der Waals surface area contributed by atoms with Crippen molar-refractivity contribution in [2.75, 3.05) is 20.0 Å². The molecule has 138 valence electrons. The van der Waals surface area contributed by atoms with Gasteiger partial charge in [-0.3, -0.25) is 0 Å². The van der Waals surface area contributed by atoms with Gasteiger partial charge in [-0.15, -0.1) is 0 Å². The fourth-order valence-electron chi connectivity index (χ4n) is 2.44. The lowest BCUT2D eigenvalue weighted by atomic mass is 10.0. The van der Waals surface area contributed by atoms with Gasteiger partial charge in [-0.05, 0) is 42.8 Å². The van der Waals surface area contributed by atoms with Gasteiger partial charge in [-0.2, -0.15) is 0 Å². The summed E-state index contributed by atoms with van der Waals surface area (Å²) in [5, 5.41) is 9.53. The van der Waals surface area contributed by atoms with E-state index < -0.39 is 37.8 Å². The number of esters is 1. The van der Waals surface area contributed by atoms with Crippen LogP contribution in [0.3, 0.4) is 0 Å². The van der Waals surface area contributed by atoms with Crippen LogP contribution in [0.25, 0.3) is 0 Å². The van der Waals surface area contributed by atoms with Gasteiger partial charge in [0.1, 0.15) is 16.2 Å². The maximum atomic E-state index is 13.1. The molecular formula is C17H17NO7S. The number of nitrogen functional groups attached to an aromatic ring is 1. The van der Waals surface area contributed by atoms with Crippen LogP contribution in [0.1, 0.15) is 26.3 Å². The van der Waals surface area contributed by atoms with E-state index in [2.05, 4.69) is 4.74 Å². The molecule has 2 aromatic rings. The predicted octanol–water partition coefficient (Wildman–Crippen LogP) is 1.90. The van der Waals surface area contributed by atoms with E-state index in [1.165, 1.54) is 44.4 Å². The maximum absolute atomic E-state index is 13.1. The molecule has 0 radical (unpaired) electrons. The van der Waals surface area contributed by atoms with E-state index >= 15 is 0 Å². The highest BCUT2D eigenvalue weighted by Gasteiger charge is 2.33. The molecule has 0 fully saturated rings. The van der Waals surface area contributed by atoms with Gasteiger partial charge in [0.15, 0.2) is 0 Å². The number of ether oxygens (including phenoxy) is 2. The van der Waals surface area contributed by atoms with Crippen LogP contribution >= 0.6 is 0 Å². The molecule has 0 atom stereocenters. The van der Waals surface area contributed by atoms with Gasteiger partial charge in [0.25, 0.3) is 0 Å². The summed E-state index contributed by atoms with van der Waals surface area (Å²) in [6.07, 6.45) is 0. The second-order valence-corrected chi connectivity index (χ2v) is 7.22. The summed E-state index contributed by atoms with van der Waals surface area (Å²) in [7, 11) is -1.90. The first kappa shape index (κ1) is 19.3. The number of hydrogen-bond acceptors (Lipinski definition) is 7. The van der Waals surface area contributed by atoms with Gasteiger partial charge in [-0.1, -0.05) is 0 Å². The summed E-state index contributed by atoms with van der Waals surface area (Å²) in [5.74, 6) is -2.13. The second kappa shape index (κ2) is 7.04. The molecule has 0 bridgehead atoms. The highest BCUT2D eigenvalue weighted by molar-refractivity contribution is 7.91. The standard InChI is InChI=1S/C17H17NO7S/c1-9-8-12(17(21)25-3)15(13(14(9)18)16(19)20)26(22,23)11-6-4-10(24-2)5-7-11/h4-8H,18H2,1-3H3,(H,19,20). The largest absolute Gasteiger partial charge is 0.497 e. The number of nitrogens with two attached hydrogens (primary N) is 1. The summed E-state index contributed by atoms with van der Waals surface area (Å²) in [4.78, 5) is 22.9.